The first-order chi connectivity index (χ1) is 14.7. The lowest BCUT2D eigenvalue weighted by Gasteiger charge is -2.00. The van der Waals surface area contributed by atoms with Crippen molar-refractivity contribution in [1.29, 1.82) is 5.26 Å². The smallest absolute Gasteiger partial charge is 0.244 e. The van der Waals surface area contributed by atoms with E-state index in [-0.39, 0.29) is 5.91 Å². The summed E-state index contributed by atoms with van der Waals surface area (Å²) in [5, 5.41) is 15.7. The van der Waals surface area contributed by atoms with Crippen LogP contribution in [0.15, 0.2) is 72.3 Å². The highest BCUT2D eigenvalue weighted by Crippen LogP contribution is 2.24. The SMILES string of the molecule is N#CCCn1cc(/C=C/C(=O)NCc2csc(-c3ccccc3)n2)c2ccccc21. The van der Waals surface area contributed by atoms with Gasteiger partial charge >= 0.3 is 0 Å². The van der Waals surface area contributed by atoms with Crippen LogP contribution in [0.3, 0.4) is 0 Å². The summed E-state index contributed by atoms with van der Waals surface area (Å²) in [4.78, 5) is 16.9. The number of thiazole rings is 1. The zero-order chi connectivity index (χ0) is 20.8. The molecule has 0 aliphatic rings. The van der Waals surface area contributed by atoms with Gasteiger partial charge in [0.2, 0.25) is 5.91 Å². The molecule has 0 radical (unpaired) electrons. The topological polar surface area (TPSA) is 70.7 Å². The van der Waals surface area contributed by atoms with Crippen molar-refractivity contribution in [1.82, 2.24) is 14.9 Å². The van der Waals surface area contributed by atoms with Crippen molar-refractivity contribution < 1.29 is 4.79 Å². The number of para-hydroxylation sites is 1. The minimum absolute atomic E-state index is 0.168. The van der Waals surface area contributed by atoms with Crippen molar-refractivity contribution in [2.45, 2.75) is 19.5 Å². The highest BCUT2D eigenvalue weighted by Gasteiger charge is 2.07. The Morgan fingerprint density at radius 2 is 1.97 bits per heavy atom. The maximum Gasteiger partial charge on any atom is 0.244 e. The number of fused-ring (bicyclic) bond motifs is 1. The molecule has 0 saturated carbocycles. The Labute approximate surface area is 178 Å². The maximum atomic E-state index is 12.3. The predicted molar refractivity (Wildman–Crippen MR) is 121 cm³/mol. The molecular formula is C24H20N4OS. The Balaban J connectivity index is 1.41. The van der Waals surface area contributed by atoms with Crippen LogP contribution < -0.4 is 5.32 Å². The second kappa shape index (κ2) is 9.21. The highest BCUT2D eigenvalue weighted by molar-refractivity contribution is 7.13. The number of hydrogen-bond donors (Lipinski definition) is 1. The molecule has 0 unspecified atom stereocenters. The molecule has 148 valence electrons. The predicted octanol–water partition coefficient (Wildman–Crippen LogP) is 5.01. The second-order valence-corrected chi connectivity index (χ2v) is 7.62. The van der Waals surface area contributed by atoms with Gasteiger partial charge in [0, 0.05) is 46.2 Å². The van der Waals surface area contributed by atoms with Crippen LogP contribution in [-0.4, -0.2) is 15.5 Å². The van der Waals surface area contributed by atoms with E-state index >= 15 is 0 Å². The number of nitriles is 1. The van der Waals surface area contributed by atoms with Crippen LogP contribution in [0.1, 0.15) is 17.7 Å². The average Bonchev–Trinajstić information content (AvgIpc) is 3.40. The van der Waals surface area contributed by atoms with Gasteiger partial charge in [-0.2, -0.15) is 5.26 Å². The maximum absolute atomic E-state index is 12.3. The molecule has 0 spiro atoms. The molecule has 0 fully saturated rings. The van der Waals surface area contributed by atoms with Crippen LogP contribution in [0, 0.1) is 11.3 Å². The van der Waals surface area contributed by atoms with E-state index in [9.17, 15) is 4.79 Å². The van der Waals surface area contributed by atoms with Crippen LogP contribution in [0.25, 0.3) is 27.6 Å². The van der Waals surface area contributed by atoms with E-state index in [1.54, 1.807) is 17.4 Å². The van der Waals surface area contributed by atoms with E-state index in [0.717, 1.165) is 32.7 Å². The Bertz CT molecular complexity index is 1230. The van der Waals surface area contributed by atoms with Crippen molar-refractivity contribution in [3.63, 3.8) is 0 Å². The number of hydrogen-bond acceptors (Lipinski definition) is 4. The molecule has 0 saturated heterocycles. The summed E-state index contributed by atoms with van der Waals surface area (Å²) in [5.74, 6) is -0.168. The van der Waals surface area contributed by atoms with E-state index in [2.05, 4.69) is 20.9 Å². The molecule has 1 amide bonds. The lowest BCUT2D eigenvalue weighted by Crippen LogP contribution is -2.20. The fourth-order valence-corrected chi connectivity index (χ4v) is 4.09. The Morgan fingerprint density at radius 3 is 2.80 bits per heavy atom. The second-order valence-electron chi connectivity index (χ2n) is 6.76. The average molecular weight is 413 g/mol. The lowest BCUT2D eigenvalue weighted by atomic mass is 10.1. The summed E-state index contributed by atoms with van der Waals surface area (Å²) in [7, 11) is 0. The van der Waals surface area contributed by atoms with Gasteiger partial charge in [-0.1, -0.05) is 48.5 Å². The Kier molecular flexibility index (Phi) is 6.02. The third-order valence-electron chi connectivity index (χ3n) is 4.71. The molecule has 5 nitrogen and oxygen atoms in total. The van der Waals surface area contributed by atoms with E-state index in [1.165, 1.54) is 0 Å². The number of carbonyl (C=O) groups is 1. The monoisotopic (exact) mass is 412 g/mol. The Hall–Kier alpha value is -3.69. The third kappa shape index (κ3) is 4.48. The number of nitrogens with one attached hydrogen (secondary N) is 1. The number of rotatable bonds is 7. The molecule has 0 bridgehead atoms. The largest absolute Gasteiger partial charge is 0.347 e. The van der Waals surface area contributed by atoms with Gasteiger partial charge in [0.1, 0.15) is 5.01 Å². The van der Waals surface area contributed by atoms with E-state index < -0.39 is 0 Å². The van der Waals surface area contributed by atoms with Crippen LogP contribution in [0.4, 0.5) is 0 Å². The van der Waals surface area contributed by atoms with Crippen molar-refractivity contribution in [3.8, 4) is 16.6 Å². The lowest BCUT2D eigenvalue weighted by molar-refractivity contribution is -0.116. The van der Waals surface area contributed by atoms with E-state index in [0.29, 0.717) is 19.5 Å². The summed E-state index contributed by atoms with van der Waals surface area (Å²) in [6.07, 6.45) is 5.79. The normalized spacial score (nSPS) is 11.0. The first-order valence-electron chi connectivity index (χ1n) is 9.65. The zero-order valence-corrected chi connectivity index (χ0v) is 17.1. The van der Waals surface area contributed by atoms with Gasteiger partial charge in [0.15, 0.2) is 0 Å². The first kappa shape index (κ1) is 19.6. The molecule has 0 aliphatic carbocycles. The molecule has 2 aromatic carbocycles. The number of nitrogens with zero attached hydrogens (tertiary/aromatic N) is 3. The molecule has 4 rings (SSSR count). The van der Waals surface area contributed by atoms with Gasteiger partial charge in [0.05, 0.1) is 24.7 Å². The molecule has 0 atom stereocenters. The van der Waals surface area contributed by atoms with E-state index in [1.807, 2.05) is 72.3 Å². The third-order valence-corrected chi connectivity index (χ3v) is 5.65. The van der Waals surface area contributed by atoms with Crippen LogP contribution in [0.5, 0.6) is 0 Å². The molecule has 2 aromatic heterocycles. The summed E-state index contributed by atoms with van der Waals surface area (Å²) < 4.78 is 2.05. The van der Waals surface area contributed by atoms with Gasteiger partial charge in [0.25, 0.3) is 0 Å². The van der Waals surface area contributed by atoms with Crippen LogP contribution >= 0.6 is 11.3 Å². The van der Waals surface area contributed by atoms with Crippen molar-refractivity contribution in [2.24, 2.45) is 0 Å². The number of carbonyl (C=O) groups excluding carboxylic acids is 1. The van der Waals surface area contributed by atoms with Gasteiger partial charge in [-0.05, 0) is 12.1 Å². The fraction of sp³-hybridized carbons (Fsp3) is 0.125. The van der Waals surface area contributed by atoms with Crippen LogP contribution in [-0.2, 0) is 17.9 Å². The van der Waals surface area contributed by atoms with Crippen molar-refractivity contribution >= 4 is 34.2 Å². The van der Waals surface area contributed by atoms with Gasteiger partial charge < -0.3 is 9.88 Å². The molecule has 4 aromatic rings. The Morgan fingerprint density at radius 1 is 1.17 bits per heavy atom. The first-order valence-corrected chi connectivity index (χ1v) is 10.5. The number of amides is 1. The molecule has 2 heterocycles. The number of aromatic nitrogens is 2. The van der Waals surface area contributed by atoms with E-state index in [4.69, 9.17) is 5.26 Å². The quantitative estimate of drug-likeness (QED) is 0.434. The minimum atomic E-state index is -0.168. The summed E-state index contributed by atoms with van der Waals surface area (Å²) >= 11 is 1.57. The summed E-state index contributed by atoms with van der Waals surface area (Å²) in [6, 6.07) is 20.2. The standard InChI is InChI=1S/C24H20N4OS/c25-13-6-14-28-16-19(21-9-4-5-10-22(21)28)11-12-23(29)26-15-20-17-30-24(27-20)18-7-2-1-3-8-18/h1-5,7-12,16-17H,6,14-15H2,(H,26,29)/b12-11+. The van der Waals surface area contributed by atoms with Crippen molar-refractivity contribution in [3.05, 3.63) is 83.5 Å². The highest BCUT2D eigenvalue weighted by atomic mass is 32.1. The molecule has 0 aliphatic heterocycles. The zero-order valence-electron chi connectivity index (χ0n) is 16.3. The molecular weight excluding hydrogens is 392 g/mol. The number of aryl methyl sites for hydroxylation is 1. The van der Waals surface area contributed by atoms with Gasteiger partial charge in [-0.25, -0.2) is 4.98 Å². The number of benzene rings is 2. The van der Waals surface area contributed by atoms with Gasteiger partial charge in [-0.3, -0.25) is 4.79 Å². The van der Waals surface area contributed by atoms with Gasteiger partial charge in [-0.15, -0.1) is 11.3 Å². The molecule has 30 heavy (non-hydrogen) atoms. The molecule has 6 heteroatoms. The summed E-state index contributed by atoms with van der Waals surface area (Å²) in [6.45, 7) is 1.01. The summed E-state index contributed by atoms with van der Waals surface area (Å²) in [5.41, 5.74) is 3.93. The fourth-order valence-electron chi connectivity index (χ4n) is 3.27. The molecule has 1 N–H and O–H groups in total. The van der Waals surface area contributed by atoms with Crippen molar-refractivity contribution in [2.75, 3.05) is 0 Å². The van der Waals surface area contributed by atoms with Crippen LogP contribution in [0.2, 0.25) is 0 Å². The minimum Gasteiger partial charge on any atom is -0.347 e.